The summed E-state index contributed by atoms with van der Waals surface area (Å²) in [6, 6.07) is 15.7. The van der Waals surface area contributed by atoms with E-state index < -0.39 is 5.97 Å². The molecule has 1 aliphatic heterocycles. The van der Waals surface area contributed by atoms with E-state index in [1.165, 1.54) is 5.56 Å². The molecular formula is C24H26N2O3. The lowest BCUT2D eigenvalue weighted by Gasteiger charge is -2.28. The van der Waals surface area contributed by atoms with Gasteiger partial charge < -0.3 is 14.6 Å². The summed E-state index contributed by atoms with van der Waals surface area (Å²) in [5.74, 6) is -0.836. The summed E-state index contributed by atoms with van der Waals surface area (Å²) in [5, 5.41) is 10.4. The van der Waals surface area contributed by atoms with Gasteiger partial charge in [-0.05, 0) is 29.2 Å². The first-order valence-electron chi connectivity index (χ1n) is 9.96. The average molecular weight is 390 g/mol. The van der Waals surface area contributed by atoms with E-state index in [1.807, 2.05) is 58.0 Å². The van der Waals surface area contributed by atoms with Gasteiger partial charge in [-0.3, -0.25) is 9.59 Å². The van der Waals surface area contributed by atoms with Crippen molar-refractivity contribution in [2.75, 3.05) is 6.54 Å². The molecule has 0 saturated heterocycles. The highest BCUT2D eigenvalue weighted by molar-refractivity contribution is 5.95. The molecular weight excluding hydrogens is 364 g/mol. The molecule has 1 N–H and O–H groups in total. The summed E-state index contributed by atoms with van der Waals surface area (Å²) >= 11 is 0. The van der Waals surface area contributed by atoms with Crippen molar-refractivity contribution in [3.05, 3.63) is 70.9 Å². The number of carbonyl (C=O) groups is 2. The second kappa shape index (κ2) is 7.07. The number of fused-ring (bicyclic) bond motifs is 3. The lowest BCUT2D eigenvalue weighted by molar-refractivity contribution is -0.137. The molecule has 1 amide bonds. The molecule has 29 heavy (non-hydrogen) atoms. The third-order valence-electron chi connectivity index (χ3n) is 5.74. The highest BCUT2D eigenvalue weighted by Gasteiger charge is 2.27. The molecule has 0 fully saturated rings. The summed E-state index contributed by atoms with van der Waals surface area (Å²) in [7, 11) is 0. The highest BCUT2D eigenvalue weighted by atomic mass is 16.4. The first kappa shape index (κ1) is 19.2. The second-order valence-corrected chi connectivity index (χ2v) is 8.73. The van der Waals surface area contributed by atoms with Crippen molar-refractivity contribution in [2.45, 2.75) is 45.7 Å². The number of rotatable bonds is 3. The molecule has 0 unspecified atom stereocenters. The standard InChI is InChI=1S/C24H26N2O3/c1-24(2,3)17-10-8-16(9-11-17)23(29)25-13-12-21-19(14-25)18-6-4-5-7-20(18)26(21)15-22(27)28/h4-11H,12-15H2,1-3H3,(H,27,28). The van der Waals surface area contributed by atoms with E-state index in [2.05, 4.69) is 20.8 Å². The quantitative estimate of drug-likeness (QED) is 0.728. The van der Waals surface area contributed by atoms with Gasteiger partial charge in [0.1, 0.15) is 6.54 Å². The number of hydrogen-bond donors (Lipinski definition) is 1. The Morgan fingerprint density at radius 1 is 1.03 bits per heavy atom. The Kier molecular flexibility index (Phi) is 4.69. The summed E-state index contributed by atoms with van der Waals surface area (Å²) < 4.78 is 1.88. The van der Waals surface area contributed by atoms with E-state index >= 15 is 0 Å². The van der Waals surface area contributed by atoms with Crippen LogP contribution >= 0.6 is 0 Å². The smallest absolute Gasteiger partial charge is 0.323 e. The van der Waals surface area contributed by atoms with Gasteiger partial charge in [0, 0.05) is 47.2 Å². The number of carbonyl (C=O) groups excluding carboxylic acids is 1. The molecule has 150 valence electrons. The van der Waals surface area contributed by atoms with E-state index in [9.17, 15) is 14.7 Å². The summed E-state index contributed by atoms with van der Waals surface area (Å²) in [6.07, 6.45) is 0.656. The number of para-hydroxylation sites is 1. The zero-order valence-corrected chi connectivity index (χ0v) is 17.1. The number of amides is 1. The van der Waals surface area contributed by atoms with Gasteiger partial charge in [-0.2, -0.15) is 0 Å². The van der Waals surface area contributed by atoms with Crippen molar-refractivity contribution < 1.29 is 14.7 Å². The molecule has 5 nitrogen and oxygen atoms in total. The van der Waals surface area contributed by atoms with Crippen LogP contribution in [0, 0.1) is 0 Å². The highest BCUT2D eigenvalue weighted by Crippen LogP contribution is 2.31. The number of aliphatic carboxylic acids is 1. The van der Waals surface area contributed by atoms with Crippen molar-refractivity contribution in [1.29, 1.82) is 0 Å². The average Bonchev–Trinajstić information content (AvgIpc) is 3.00. The molecule has 0 radical (unpaired) electrons. The third kappa shape index (κ3) is 3.53. The molecule has 5 heteroatoms. The van der Waals surface area contributed by atoms with E-state index in [0.29, 0.717) is 25.1 Å². The molecule has 3 aromatic rings. The summed E-state index contributed by atoms with van der Waals surface area (Å²) in [5.41, 5.74) is 4.95. The Balaban J connectivity index is 1.65. The van der Waals surface area contributed by atoms with Crippen LogP contribution < -0.4 is 0 Å². The number of aromatic nitrogens is 1. The van der Waals surface area contributed by atoms with Crippen LogP contribution in [0.5, 0.6) is 0 Å². The molecule has 0 atom stereocenters. The van der Waals surface area contributed by atoms with Crippen molar-refractivity contribution in [3.63, 3.8) is 0 Å². The van der Waals surface area contributed by atoms with Crippen LogP contribution in [0.15, 0.2) is 48.5 Å². The number of hydrogen-bond acceptors (Lipinski definition) is 2. The first-order valence-corrected chi connectivity index (χ1v) is 9.96. The predicted molar refractivity (Wildman–Crippen MR) is 113 cm³/mol. The summed E-state index contributed by atoms with van der Waals surface area (Å²) in [6.45, 7) is 7.50. The monoisotopic (exact) mass is 390 g/mol. The van der Waals surface area contributed by atoms with Gasteiger partial charge in [-0.25, -0.2) is 0 Å². The fraction of sp³-hybridized carbons (Fsp3) is 0.333. The lowest BCUT2D eigenvalue weighted by atomic mass is 9.86. The number of benzene rings is 2. The van der Waals surface area contributed by atoms with Gasteiger partial charge in [0.15, 0.2) is 0 Å². The van der Waals surface area contributed by atoms with Gasteiger partial charge >= 0.3 is 5.97 Å². The maximum absolute atomic E-state index is 13.1. The van der Waals surface area contributed by atoms with Crippen molar-refractivity contribution in [1.82, 2.24) is 9.47 Å². The largest absolute Gasteiger partial charge is 0.480 e. The van der Waals surface area contributed by atoms with Gasteiger partial charge in [-0.15, -0.1) is 0 Å². The third-order valence-corrected chi connectivity index (χ3v) is 5.74. The van der Waals surface area contributed by atoms with E-state index in [0.717, 1.165) is 22.2 Å². The van der Waals surface area contributed by atoms with E-state index in [4.69, 9.17) is 0 Å². The van der Waals surface area contributed by atoms with Crippen LogP contribution in [0.4, 0.5) is 0 Å². The SMILES string of the molecule is CC(C)(C)c1ccc(C(=O)N2CCc3c(c4ccccc4n3CC(=O)O)C2)cc1. The molecule has 4 rings (SSSR count). The molecule has 0 aliphatic carbocycles. The molecule has 1 aromatic heterocycles. The van der Waals surface area contributed by atoms with Gasteiger partial charge in [0.05, 0.1) is 0 Å². The van der Waals surface area contributed by atoms with Crippen LogP contribution in [0.2, 0.25) is 0 Å². The van der Waals surface area contributed by atoms with Crippen molar-refractivity contribution >= 4 is 22.8 Å². The minimum absolute atomic E-state index is 0.0196. The van der Waals surface area contributed by atoms with Crippen molar-refractivity contribution in [3.8, 4) is 0 Å². The van der Waals surface area contributed by atoms with Crippen LogP contribution in [-0.2, 0) is 29.7 Å². The van der Waals surface area contributed by atoms with Crippen LogP contribution in [0.25, 0.3) is 10.9 Å². The molecule has 2 heterocycles. The zero-order valence-electron chi connectivity index (χ0n) is 17.1. The van der Waals surface area contributed by atoms with Gasteiger partial charge in [0.2, 0.25) is 0 Å². The Morgan fingerprint density at radius 2 is 1.72 bits per heavy atom. The molecule has 1 aliphatic rings. The van der Waals surface area contributed by atoms with Crippen LogP contribution in [-0.4, -0.2) is 33.0 Å². The minimum atomic E-state index is -0.856. The van der Waals surface area contributed by atoms with Crippen LogP contribution in [0.3, 0.4) is 0 Å². The van der Waals surface area contributed by atoms with Gasteiger partial charge in [0.25, 0.3) is 5.91 Å². The zero-order chi connectivity index (χ0) is 20.8. The topological polar surface area (TPSA) is 62.5 Å². The number of carboxylic acid groups (broad SMARTS) is 1. The summed E-state index contributed by atoms with van der Waals surface area (Å²) in [4.78, 5) is 26.3. The second-order valence-electron chi connectivity index (χ2n) is 8.73. The lowest BCUT2D eigenvalue weighted by Crippen LogP contribution is -2.36. The molecule has 2 aromatic carbocycles. The predicted octanol–water partition coefficient (Wildman–Crippen LogP) is 4.22. The number of carboxylic acids is 1. The molecule has 0 bridgehead atoms. The van der Waals surface area contributed by atoms with Crippen molar-refractivity contribution in [2.24, 2.45) is 0 Å². The Hall–Kier alpha value is -3.08. The fourth-order valence-electron chi connectivity index (χ4n) is 4.19. The fourth-order valence-corrected chi connectivity index (χ4v) is 4.19. The Bertz CT molecular complexity index is 1090. The maximum Gasteiger partial charge on any atom is 0.323 e. The Morgan fingerprint density at radius 3 is 2.38 bits per heavy atom. The normalized spacial score (nSPS) is 14.1. The Labute approximate surface area is 170 Å². The van der Waals surface area contributed by atoms with Crippen LogP contribution in [0.1, 0.15) is 48.0 Å². The molecule has 0 saturated carbocycles. The minimum Gasteiger partial charge on any atom is -0.480 e. The van der Waals surface area contributed by atoms with E-state index in [-0.39, 0.29) is 17.9 Å². The van der Waals surface area contributed by atoms with Gasteiger partial charge in [-0.1, -0.05) is 51.1 Å². The first-order chi connectivity index (χ1) is 13.8. The van der Waals surface area contributed by atoms with E-state index in [1.54, 1.807) is 0 Å². The molecule has 0 spiro atoms. The maximum atomic E-state index is 13.1. The number of nitrogens with zero attached hydrogens (tertiary/aromatic N) is 2.